The van der Waals surface area contributed by atoms with Gasteiger partial charge in [0.2, 0.25) is 27.2 Å². The van der Waals surface area contributed by atoms with Gasteiger partial charge in [0.15, 0.2) is 0 Å². The Balaban J connectivity index is 1.50. The highest BCUT2D eigenvalue weighted by molar-refractivity contribution is 9.08. The first-order valence-electron chi connectivity index (χ1n) is 21.6. The number of ether oxygens (including phenoxy) is 8. The van der Waals surface area contributed by atoms with Crippen LogP contribution in [0.4, 0.5) is 0 Å². The van der Waals surface area contributed by atoms with Crippen molar-refractivity contribution in [1.82, 2.24) is 0 Å². The summed E-state index contributed by atoms with van der Waals surface area (Å²) < 4.78 is 53.2. The molecule has 4 heterocycles. The third-order valence-electron chi connectivity index (χ3n) is 13.1. The van der Waals surface area contributed by atoms with Crippen LogP contribution in [0.2, 0.25) is 0 Å². The van der Waals surface area contributed by atoms with E-state index in [2.05, 4.69) is 83.8 Å². The van der Waals surface area contributed by atoms with Crippen LogP contribution >= 0.6 is 31.9 Å². The number of aliphatic hydroxyl groups is 2. The van der Waals surface area contributed by atoms with Crippen LogP contribution in [0.15, 0.2) is 24.3 Å². The van der Waals surface area contributed by atoms with E-state index in [1.165, 1.54) is 0 Å². The van der Waals surface area contributed by atoms with E-state index in [1.807, 2.05) is 0 Å². The minimum absolute atomic E-state index is 0.0112. The van der Waals surface area contributed by atoms with E-state index in [-0.39, 0.29) is 64.1 Å². The average molecular weight is 951 g/mol. The Morgan fingerprint density at radius 2 is 0.583 bits per heavy atom. The lowest BCUT2D eigenvalue weighted by molar-refractivity contribution is 0.0913. The lowest BCUT2D eigenvalue weighted by Gasteiger charge is -2.37. The van der Waals surface area contributed by atoms with Gasteiger partial charge in [0.25, 0.3) is 0 Å². The second kappa shape index (κ2) is 17.5. The van der Waals surface area contributed by atoms with Crippen LogP contribution < -0.4 is 37.9 Å². The summed E-state index contributed by atoms with van der Waals surface area (Å²) in [4.78, 5) is 0. The second-order valence-electron chi connectivity index (χ2n) is 16.3. The summed E-state index contributed by atoms with van der Waals surface area (Å²) in [6.45, 7) is 7.89. The Bertz CT molecular complexity index is 1850. The van der Waals surface area contributed by atoms with Gasteiger partial charge in [-0.05, 0) is 49.9 Å². The van der Waals surface area contributed by atoms with E-state index < -0.39 is 0 Å². The Labute approximate surface area is 369 Å². The first-order valence-corrected chi connectivity index (χ1v) is 23.8. The number of rotatable bonds is 12. The largest absolute Gasteiger partial charge is 0.457 e. The van der Waals surface area contributed by atoms with Crippen molar-refractivity contribution in [1.29, 1.82) is 0 Å². The minimum Gasteiger partial charge on any atom is -0.457 e. The molecule has 60 heavy (non-hydrogen) atoms. The van der Waals surface area contributed by atoms with Crippen LogP contribution in [0.25, 0.3) is 0 Å². The first kappa shape index (κ1) is 41.5. The van der Waals surface area contributed by atoms with Gasteiger partial charge in [-0.2, -0.15) is 0 Å². The molecule has 0 amide bonds. The molecule has 0 aromatic heterocycles. The van der Waals surface area contributed by atoms with Crippen LogP contribution in [0, 0.1) is 0 Å². The summed E-state index contributed by atoms with van der Waals surface area (Å²) in [6.07, 6.45) is 6.74. The molecule has 1 aliphatic carbocycles. The predicted molar refractivity (Wildman–Crippen MR) is 234 cm³/mol. The minimum atomic E-state index is -0.305. The standard InChI is InChI=1S/C48H54Br2O10/c1-5-9-25-29-13-31-26(10-6-2)33-15-35-28(12-8-4)36-16-34-27(11-7-3)32-14-30(25)42-38(18-50)44(32)56-23-58-46(34)40(20-52)48(36)60-24-59-47(35)39(19-51)45(33)57-22-55-43(31)37(17-49)41(29)53-21-54-42/h13-16,25-28,51-52H,5-12,17-24H2,1-4H3/t25?,26-,27-,28?/m0/s1. The molecule has 5 aliphatic rings. The van der Waals surface area contributed by atoms with Gasteiger partial charge in [-0.3, -0.25) is 0 Å². The maximum Gasteiger partial charge on any atom is 0.230 e. The van der Waals surface area contributed by atoms with E-state index in [4.69, 9.17) is 37.9 Å². The van der Waals surface area contributed by atoms with Crippen molar-refractivity contribution in [2.45, 2.75) is 127 Å². The van der Waals surface area contributed by atoms with Crippen LogP contribution in [-0.2, 0) is 23.9 Å². The monoisotopic (exact) mass is 948 g/mol. The third-order valence-corrected chi connectivity index (χ3v) is 14.2. The Hall–Kier alpha value is -3.84. The summed E-state index contributed by atoms with van der Waals surface area (Å²) in [5, 5.41) is 23.6. The summed E-state index contributed by atoms with van der Waals surface area (Å²) in [5.74, 6) is 4.62. The zero-order chi connectivity index (χ0) is 41.7. The summed E-state index contributed by atoms with van der Waals surface area (Å²) in [7, 11) is 0. The SMILES string of the molecule is CCCC1c2cc3c4c(CO)c2OCOc2c1cc1c(c2CO)OCOc2c(cc5c(c2CBr)OCOc2c(cc(c(c2CBr)OCO4)[C@@H]3CCC)C5CCC)[C@@H]1CCC. The number of aliphatic hydroxyl groups excluding tert-OH is 2. The lowest BCUT2D eigenvalue weighted by atomic mass is 9.74. The summed E-state index contributed by atoms with van der Waals surface area (Å²) in [5.41, 5.74) is 11.2. The number of hydrogen-bond donors (Lipinski definition) is 2. The van der Waals surface area contributed by atoms with Crippen molar-refractivity contribution in [3.8, 4) is 46.0 Å². The third kappa shape index (κ3) is 6.61. The summed E-state index contributed by atoms with van der Waals surface area (Å²) >= 11 is 7.75. The molecule has 10 nitrogen and oxygen atoms in total. The first-order chi connectivity index (χ1) is 29.5. The molecule has 320 valence electrons. The molecule has 0 saturated carbocycles. The lowest BCUT2D eigenvalue weighted by Crippen LogP contribution is -2.25. The van der Waals surface area contributed by atoms with Gasteiger partial charge in [-0.15, -0.1) is 0 Å². The molecule has 2 N–H and O–H groups in total. The quantitative estimate of drug-likeness (QED) is 0.133. The van der Waals surface area contributed by atoms with Crippen molar-refractivity contribution in [2.24, 2.45) is 0 Å². The molecule has 0 fully saturated rings. The number of hydrogen-bond acceptors (Lipinski definition) is 10. The maximum atomic E-state index is 11.3. The molecular weight excluding hydrogens is 896 g/mol. The molecule has 0 unspecified atom stereocenters. The molecule has 9 rings (SSSR count). The van der Waals surface area contributed by atoms with Crippen molar-refractivity contribution >= 4 is 31.9 Å². The van der Waals surface area contributed by atoms with Crippen molar-refractivity contribution in [3.05, 3.63) is 91.0 Å². The van der Waals surface area contributed by atoms with Crippen molar-refractivity contribution in [2.75, 3.05) is 27.2 Å². The molecule has 0 radical (unpaired) electrons. The van der Waals surface area contributed by atoms with E-state index in [0.29, 0.717) is 44.8 Å². The Kier molecular flexibility index (Phi) is 12.1. The topological polar surface area (TPSA) is 114 Å². The van der Waals surface area contributed by atoms with Crippen molar-refractivity contribution < 1.29 is 48.1 Å². The van der Waals surface area contributed by atoms with E-state index in [0.717, 1.165) is 130 Å². The van der Waals surface area contributed by atoms with E-state index >= 15 is 0 Å². The van der Waals surface area contributed by atoms with Gasteiger partial charge in [0.1, 0.15) is 46.0 Å². The molecule has 12 heteroatoms. The highest BCUT2D eigenvalue weighted by Crippen LogP contribution is 2.58. The number of alkyl halides is 2. The Morgan fingerprint density at radius 3 is 0.750 bits per heavy atom. The molecular formula is C48H54Br2O10. The summed E-state index contributed by atoms with van der Waals surface area (Å²) in [6, 6.07) is 9.20. The van der Waals surface area contributed by atoms with E-state index in [1.54, 1.807) is 0 Å². The zero-order valence-corrected chi connectivity index (χ0v) is 38.0. The highest BCUT2D eigenvalue weighted by atomic mass is 79.9. The predicted octanol–water partition coefficient (Wildman–Crippen LogP) is 11.4. The molecule has 0 saturated heterocycles. The van der Waals surface area contributed by atoms with Gasteiger partial charge in [-0.1, -0.05) is 85.2 Å². The second-order valence-corrected chi connectivity index (χ2v) is 17.5. The van der Waals surface area contributed by atoms with Crippen LogP contribution in [-0.4, -0.2) is 37.4 Å². The highest BCUT2D eigenvalue weighted by Gasteiger charge is 2.41. The average Bonchev–Trinajstić information content (AvgIpc) is 3.24. The zero-order valence-electron chi connectivity index (χ0n) is 34.8. The normalized spacial score (nSPS) is 20.3. The van der Waals surface area contributed by atoms with Gasteiger partial charge in [0.05, 0.1) is 24.3 Å². The molecule has 0 spiro atoms. The van der Waals surface area contributed by atoms with Crippen LogP contribution in [0.5, 0.6) is 46.0 Å². The fourth-order valence-corrected chi connectivity index (χ4v) is 11.6. The van der Waals surface area contributed by atoms with Crippen LogP contribution in [0.3, 0.4) is 0 Å². The molecule has 2 atom stereocenters. The maximum absolute atomic E-state index is 11.3. The van der Waals surface area contributed by atoms with Gasteiger partial charge >= 0.3 is 0 Å². The Morgan fingerprint density at radius 1 is 0.383 bits per heavy atom. The van der Waals surface area contributed by atoms with E-state index in [9.17, 15) is 10.2 Å². The van der Waals surface area contributed by atoms with Gasteiger partial charge in [0, 0.05) is 90.0 Å². The molecule has 8 bridgehead atoms. The van der Waals surface area contributed by atoms with Crippen molar-refractivity contribution in [3.63, 3.8) is 0 Å². The number of benzene rings is 4. The fraction of sp³-hybridized carbons (Fsp3) is 0.500. The van der Waals surface area contributed by atoms with Crippen LogP contribution in [0.1, 0.15) is 169 Å². The van der Waals surface area contributed by atoms with Gasteiger partial charge < -0.3 is 48.1 Å². The number of halogens is 2. The smallest absolute Gasteiger partial charge is 0.230 e. The fourth-order valence-electron chi connectivity index (χ4n) is 10.6. The molecule has 4 aromatic rings. The van der Waals surface area contributed by atoms with Gasteiger partial charge in [-0.25, -0.2) is 0 Å². The molecule has 4 aliphatic heterocycles. The molecule has 4 aromatic carbocycles.